The van der Waals surface area contributed by atoms with Crippen LogP contribution in [0.3, 0.4) is 0 Å². The van der Waals surface area contributed by atoms with Crippen LogP contribution in [0.4, 0.5) is 11.4 Å². The fourth-order valence-corrected chi connectivity index (χ4v) is 2.16. The lowest BCUT2D eigenvalue weighted by Crippen LogP contribution is -2.30. The van der Waals surface area contributed by atoms with E-state index in [1.165, 1.54) is 5.56 Å². The molecule has 0 radical (unpaired) electrons. The number of hydrogen-bond donors (Lipinski definition) is 2. The van der Waals surface area contributed by atoms with Crippen LogP contribution in [0.1, 0.15) is 11.1 Å². The predicted molar refractivity (Wildman–Crippen MR) is 97.0 cm³/mol. The smallest absolute Gasteiger partial charge is 0.152 e. The zero-order valence-electron chi connectivity index (χ0n) is 13.0. The number of aliphatic imine (C=N–C) groups is 1. The molecule has 2 N–H and O–H groups in total. The molecule has 3 nitrogen and oxygen atoms in total. The van der Waals surface area contributed by atoms with Gasteiger partial charge in [0.15, 0.2) is 5.84 Å². The second-order valence-electron chi connectivity index (χ2n) is 5.28. The zero-order chi connectivity index (χ0) is 15.9. The molecule has 3 heteroatoms. The molecule has 0 aromatic heterocycles. The average Bonchev–Trinajstić information content (AvgIpc) is 2.62. The van der Waals surface area contributed by atoms with Gasteiger partial charge in [0.05, 0.1) is 11.4 Å². The van der Waals surface area contributed by atoms with Crippen molar-refractivity contribution < 1.29 is 0 Å². The molecule has 0 fully saturated rings. The first-order chi connectivity index (χ1) is 11.3. The van der Waals surface area contributed by atoms with Gasteiger partial charge in [0.25, 0.3) is 0 Å². The first-order valence-electron chi connectivity index (χ1n) is 7.59. The van der Waals surface area contributed by atoms with E-state index in [0.29, 0.717) is 0 Å². The molecule has 0 aliphatic carbocycles. The SMILES string of the molecule is Cc1ccc(N=C(NNc2ccccc2)c2ccccc2)cc1. The van der Waals surface area contributed by atoms with Gasteiger partial charge >= 0.3 is 0 Å². The summed E-state index contributed by atoms with van der Waals surface area (Å²) in [5.74, 6) is 0.776. The standard InChI is InChI=1S/C20H19N3/c1-16-12-14-18(15-13-16)21-20(17-8-4-2-5-9-17)23-22-19-10-6-3-7-11-19/h2-15,22H,1H3,(H,21,23). The Labute approximate surface area is 136 Å². The van der Waals surface area contributed by atoms with Gasteiger partial charge in [0, 0.05) is 5.56 Å². The normalized spacial score (nSPS) is 11.1. The molecule has 23 heavy (non-hydrogen) atoms. The van der Waals surface area contributed by atoms with Gasteiger partial charge in [-0.1, -0.05) is 66.2 Å². The van der Waals surface area contributed by atoms with Crippen molar-refractivity contribution in [2.45, 2.75) is 6.92 Å². The van der Waals surface area contributed by atoms with Gasteiger partial charge in [-0.25, -0.2) is 4.99 Å². The number of nitrogens with zero attached hydrogens (tertiary/aromatic N) is 1. The first-order valence-corrected chi connectivity index (χ1v) is 7.59. The summed E-state index contributed by atoms with van der Waals surface area (Å²) in [5.41, 5.74) is 10.6. The molecule has 0 unspecified atom stereocenters. The van der Waals surface area contributed by atoms with E-state index >= 15 is 0 Å². The molecule has 0 saturated heterocycles. The molecule has 114 valence electrons. The highest BCUT2D eigenvalue weighted by molar-refractivity contribution is 6.00. The molecule has 0 bridgehead atoms. The first kappa shape index (κ1) is 14.9. The van der Waals surface area contributed by atoms with E-state index in [4.69, 9.17) is 4.99 Å². The van der Waals surface area contributed by atoms with E-state index < -0.39 is 0 Å². The Hall–Kier alpha value is -3.07. The largest absolute Gasteiger partial charge is 0.300 e. The molecule has 0 heterocycles. The fourth-order valence-electron chi connectivity index (χ4n) is 2.16. The molecule has 0 amide bonds. The molecular formula is C20H19N3. The summed E-state index contributed by atoms with van der Waals surface area (Å²) in [6.45, 7) is 2.07. The molecule has 3 aromatic rings. The number of amidine groups is 1. The van der Waals surface area contributed by atoms with Gasteiger partial charge in [-0.15, -0.1) is 0 Å². The van der Waals surface area contributed by atoms with Crippen molar-refractivity contribution in [3.05, 3.63) is 96.1 Å². The van der Waals surface area contributed by atoms with Crippen molar-refractivity contribution in [1.82, 2.24) is 5.43 Å². The lowest BCUT2D eigenvalue weighted by Gasteiger charge is -2.13. The maximum atomic E-state index is 4.73. The van der Waals surface area contributed by atoms with Gasteiger partial charge in [-0.3, -0.25) is 10.9 Å². The van der Waals surface area contributed by atoms with E-state index in [9.17, 15) is 0 Å². The second-order valence-corrected chi connectivity index (χ2v) is 5.28. The Morgan fingerprint density at radius 3 is 2.00 bits per heavy atom. The number of hydrazine groups is 1. The van der Waals surface area contributed by atoms with E-state index in [0.717, 1.165) is 22.8 Å². The van der Waals surface area contributed by atoms with E-state index in [1.807, 2.05) is 72.8 Å². The number of rotatable bonds is 4. The van der Waals surface area contributed by atoms with Crippen molar-refractivity contribution in [2.75, 3.05) is 5.43 Å². The van der Waals surface area contributed by atoms with Gasteiger partial charge in [-0.2, -0.15) is 0 Å². The van der Waals surface area contributed by atoms with Crippen LogP contribution < -0.4 is 10.9 Å². The van der Waals surface area contributed by atoms with Crippen LogP contribution in [0.2, 0.25) is 0 Å². The highest BCUT2D eigenvalue weighted by Crippen LogP contribution is 2.14. The summed E-state index contributed by atoms with van der Waals surface area (Å²) in [4.78, 5) is 4.73. The lowest BCUT2D eigenvalue weighted by molar-refractivity contribution is 1.11. The lowest BCUT2D eigenvalue weighted by atomic mass is 10.2. The van der Waals surface area contributed by atoms with Crippen molar-refractivity contribution in [2.24, 2.45) is 4.99 Å². The predicted octanol–water partition coefficient (Wildman–Crippen LogP) is 4.69. The minimum absolute atomic E-state index is 0.776. The Balaban J connectivity index is 1.86. The molecule has 0 aliphatic rings. The third kappa shape index (κ3) is 4.20. The van der Waals surface area contributed by atoms with E-state index in [-0.39, 0.29) is 0 Å². The third-order valence-electron chi connectivity index (χ3n) is 3.42. The minimum atomic E-state index is 0.776. The van der Waals surface area contributed by atoms with Gasteiger partial charge < -0.3 is 0 Å². The number of hydrogen-bond acceptors (Lipinski definition) is 2. The maximum Gasteiger partial charge on any atom is 0.152 e. The van der Waals surface area contributed by atoms with Crippen LogP contribution in [-0.2, 0) is 0 Å². The highest BCUT2D eigenvalue weighted by Gasteiger charge is 2.03. The minimum Gasteiger partial charge on any atom is -0.300 e. The van der Waals surface area contributed by atoms with Crippen LogP contribution in [0.25, 0.3) is 0 Å². The number of nitrogens with one attached hydrogen (secondary N) is 2. The molecular weight excluding hydrogens is 282 g/mol. The molecule has 0 saturated carbocycles. The van der Waals surface area contributed by atoms with Gasteiger partial charge in [0.1, 0.15) is 0 Å². The van der Waals surface area contributed by atoms with Crippen molar-refractivity contribution in [3.8, 4) is 0 Å². The van der Waals surface area contributed by atoms with Crippen LogP contribution >= 0.6 is 0 Å². The second kappa shape index (κ2) is 7.27. The third-order valence-corrected chi connectivity index (χ3v) is 3.42. The summed E-state index contributed by atoms with van der Waals surface area (Å²) in [7, 11) is 0. The molecule has 0 spiro atoms. The zero-order valence-corrected chi connectivity index (χ0v) is 13.0. The number of para-hydroxylation sites is 1. The average molecular weight is 301 g/mol. The van der Waals surface area contributed by atoms with E-state index in [2.05, 4.69) is 29.9 Å². The molecule has 0 aliphatic heterocycles. The van der Waals surface area contributed by atoms with Gasteiger partial charge in [-0.05, 0) is 31.2 Å². The van der Waals surface area contributed by atoms with Crippen molar-refractivity contribution in [3.63, 3.8) is 0 Å². The summed E-state index contributed by atoms with van der Waals surface area (Å²) < 4.78 is 0. The Morgan fingerprint density at radius 2 is 1.35 bits per heavy atom. The Morgan fingerprint density at radius 1 is 0.739 bits per heavy atom. The monoisotopic (exact) mass is 301 g/mol. The summed E-state index contributed by atoms with van der Waals surface area (Å²) in [6, 6.07) is 28.2. The maximum absolute atomic E-state index is 4.73. The summed E-state index contributed by atoms with van der Waals surface area (Å²) >= 11 is 0. The highest BCUT2D eigenvalue weighted by atomic mass is 15.4. The van der Waals surface area contributed by atoms with Gasteiger partial charge in [0.2, 0.25) is 0 Å². The van der Waals surface area contributed by atoms with Crippen LogP contribution in [0.15, 0.2) is 89.9 Å². The van der Waals surface area contributed by atoms with Crippen LogP contribution in [0.5, 0.6) is 0 Å². The molecule has 0 atom stereocenters. The van der Waals surface area contributed by atoms with Crippen molar-refractivity contribution >= 4 is 17.2 Å². The number of benzene rings is 3. The number of anilines is 1. The van der Waals surface area contributed by atoms with Crippen LogP contribution in [-0.4, -0.2) is 5.84 Å². The Kier molecular flexibility index (Phi) is 4.69. The topological polar surface area (TPSA) is 36.4 Å². The van der Waals surface area contributed by atoms with Crippen molar-refractivity contribution in [1.29, 1.82) is 0 Å². The Bertz CT molecular complexity index is 763. The summed E-state index contributed by atoms with van der Waals surface area (Å²) in [5, 5.41) is 0. The fraction of sp³-hybridized carbons (Fsp3) is 0.0500. The molecule has 3 aromatic carbocycles. The number of aryl methyl sites for hydroxylation is 1. The van der Waals surface area contributed by atoms with E-state index in [1.54, 1.807) is 0 Å². The molecule has 3 rings (SSSR count). The quantitative estimate of drug-likeness (QED) is 0.416. The summed E-state index contributed by atoms with van der Waals surface area (Å²) in [6.07, 6.45) is 0. The van der Waals surface area contributed by atoms with Crippen LogP contribution in [0, 0.1) is 6.92 Å².